The largest absolute Gasteiger partial charge is 0.496 e. The first kappa shape index (κ1) is 14.1. The van der Waals surface area contributed by atoms with E-state index in [9.17, 15) is 4.79 Å². The van der Waals surface area contributed by atoms with Crippen LogP contribution in [0.15, 0.2) is 12.1 Å². The number of benzene rings is 1. The van der Waals surface area contributed by atoms with Gasteiger partial charge in [-0.2, -0.15) is 0 Å². The molecule has 19 heavy (non-hydrogen) atoms. The summed E-state index contributed by atoms with van der Waals surface area (Å²) in [5.74, 6) is 0.916. The number of carbonyl (C=O) groups is 1. The first-order chi connectivity index (χ1) is 8.98. The summed E-state index contributed by atoms with van der Waals surface area (Å²) in [6.45, 7) is 6.49. The van der Waals surface area contributed by atoms with Crippen LogP contribution in [0.1, 0.15) is 47.7 Å². The molecule has 1 aromatic carbocycles. The number of rotatable bonds is 3. The van der Waals surface area contributed by atoms with Crippen molar-refractivity contribution in [3.05, 3.63) is 28.8 Å². The van der Waals surface area contributed by atoms with Crippen molar-refractivity contribution in [2.45, 2.75) is 45.6 Å². The minimum Gasteiger partial charge on any atom is -0.496 e. The van der Waals surface area contributed by atoms with Crippen molar-refractivity contribution in [2.24, 2.45) is 0 Å². The Kier molecular flexibility index (Phi) is 3.95. The van der Waals surface area contributed by atoms with Gasteiger partial charge in [0.2, 0.25) is 0 Å². The first-order valence-corrected chi connectivity index (χ1v) is 6.82. The zero-order valence-corrected chi connectivity index (χ0v) is 12.2. The Balaban J connectivity index is 2.36. The van der Waals surface area contributed by atoms with E-state index in [1.165, 1.54) is 0 Å². The second-order valence-corrected chi connectivity index (χ2v) is 5.50. The predicted molar refractivity (Wildman–Crippen MR) is 75.0 cm³/mol. The van der Waals surface area contributed by atoms with Crippen molar-refractivity contribution in [3.63, 3.8) is 0 Å². The lowest BCUT2D eigenvalue weighted by Gasteiger charge is -2.33. The average Bonchev–Trinajstić information content (AvgIpc) is 2.41. The average molecular weight is 262 g/mol. The molecule has 104 valence electrons. The molecule has 0 radical (unpaired) electrons. The molecule has 0 saturated carbocycles. The lowest BCUT2D eigenvalue weighted by Crippen LogP contribution is -2.41. The molecular weight excluding hydrogens is 240 g/mol. The zero-order valence-electron chi connectivity index (χ0n) is 12.2. The molecule has 0 spiro atoms. The van der Waals surface area contributed by atoms with Gasteiger partial charge in [-0.15, -0.1) is 0 Å². The highest BCUT2D eigenvalue weighted by molar-refractivity contribution is 6.03. The van der Waals surface area contributed by atoms with Crippen LogP contribution in [-0.4, -0.2) is 25.1 Å². The van der Waals surface area contributed by atoms with Gasteiger partial charge in [-0.25, -0.2) is 0 Å². The second-order valence-electron chi connectivity index (χ2n) is 5.50. The number of carbonyl (C=O) groups excluding carboxylic acids is 1. The third kappa shape index (κ3) is 2.66. The maximum Gasteiger partial charge on any atom is 0.194 e. The molecule has 2 rings (SSSR count). The monoisotopic (exact) mass is 262 g/mol. The van der Waals surface area contributed by atoms with Gasteiger partial charge in [0.1, 0.15) is 11.4 Å². The number of methoxy groups -OCH3 is 1. The quantitative estimate of drug-likeness (QED) is 0.783. The fourth-order valence-electron chi connectivity index (χ4n) is 2.65. The Morgan fingerprint density at radius 1 is 1.26 bits per heavy atom. The van der Waals surface area contributed by atoms with Crippen LogP contribution < -0.4 is 4.74 Å². The van der Waals surface area contributed by atoms with Gasteiger partial charge in [-0.1, -0.05) is 0 Å². The van der Waals surface area contributed by atoms with Gasteiger partial charge in [0.15, 0.2) is 5.78 Å². The van der Waals surface area contributed by atoms with Crippen molar-refractivity contribution in [1.29, 1.82) is 0 Å². The third-order valence-electron chi connectivity index (χ3n) is 3.94. The number of ketones is 1. The molecular formula is C16H22O3. The van der Waals surface area contributed by atoms with Crippen molar-refractivity contribution in [1.82, 2.24) is 0 Å². The van der Waals surface area contributed by atoms with Crippen LogP contribution in [-0.2, 0) is 4.74 Å². The third-order valence-corrected chi connectivity index (χ3v) is 3.94. The molecule has 1 aliphatic heterocycles. The normalized spacial score (nSPS) is 23.2. The van der Waals surface area contributed by atoms with Crippen LogP contribution in [0.25, 0.3) is 0 Å². The summed E-state index contributed by atoms with van der Waals surface area (Å²) in [5.41, 5.74) is 2.02. The SMILES string of the molecule is COc1cc(C)c(C(=O)C2(C)CCCCO2)cc1C. The molecule has 3 heteroatoms. The highest BCUT2D eigenvalue weighted by atomic mass is 16.5. The molecule has 1 aromatic rings. The standard InChI is InChI=1S/C16H22O3/c1-11-10-14(18-4)12(2)9-13(11)15(17)16(3)7-5-6-8-19-16/h9-10H,5-8H2,1-4H3. The molecule has 0 bridgehead atoms. The van der Waals surface area contributed by atoms with Crippen molar-refractivity contribution in [3.8, 4) is 5.75 Å². The molecule has 1 saturated heterocycles. The fraction of sp³-hybridized carbons (Fsp3) is 0.562. The van der Waals surface area contributed by atoms with Crippen LogP contribution in [0.4, 0.5) is 0 Å². The molecule has 3 nitrogen and oxygen atoms in total. The molecule has 0 aliphatic carbocycles. The molecule has 1 aliphatic rings. The lowest BCUT2D eigenvalue weighted by molar-refractivity contribution is -0.0426. The van der Waals surface area contributed by atoms with Crippen LogP contribution in [0, 0.1) is 13.8 Å². The molecule has 0 N–H and O–H groups in total. The summed E-state index contributed by atoms with van der Waals surface area (Å²) in [4.78, 5) is 12.7. The van der Waals surface area contributed by atoms with Gasteiger partial charge in [0.25, 0.3) is 0 Å². The van der Waals surface area contributed by atoms with E-state index in [1.54, 1.807) is 7.11 Å². The predicted octanol–water partition coefficient (Wildman–Crippen LogP) is 3.45. The van der Waals surface area contributed by atoms with Crippen molar-refractivity contribution < 1.29 is 14.3 Å². The highest BCUT2D eigenvalue weighted by Gasteiger charge is 2.37. The Bertz CT molecular complexity index is 485. The van der Waals surface area contributed by atoms with E-state index >= 15 is 0 Å². The van der Waals surface area contributed by atoms with Gasteiger partial charge in [-0.05, 0) is 63.3 Å². The van der Waals surface area contributed by atoms with Crippen molar-refractivity contribution >= 4 is 5.78 Å². The summed E-state index contributed by atoms with van der Waals surface area (Å²) < 4.78 is 11.0. The first-order valence-electron chi connectivity index (χ1n) is 6.82. The summed E-state index contributed by atoms with van der Waals surface area (Å²) in [6.07, 6.45) is 2.90. The number of hydrogen-bond donors (Lipinski definition) is 0. The van der Waals surface area contributed by atoms with Crippen LogP contribution in [0.5, 0.6) is 5.75 Å². The molecule has 1 unspecified atom stereocenters. The van der Waals surface area contributed by atoms with Gasteiger partial charge in [-0.3, -0.25) is 4.79 Å². The number of aryl methyl sites for hydroxylation is 2. The number of ether oxygens (including phenoxy) is 2. The van der Waals surface area contributed by atoms with Gasteiger partial charge >= 0.3 is 0 Å². The van der Waals surface area contributed by atoms with Crippen LogP contribution in [0.3, 0.4) is 0 Å². The topological polar surface area (TPSA) is 35.5 Å². The second kappa shape index (κ2) is 5.33. The van der Waals surface area contributed by atoms with Gasteiger partial charge in [0, 0.05) is 12.2 Å². The molecule has 1 atom stereocenters. The van der Waals surface area contributed by atoms with Crippen LogP contribution in [0.2, 0.25) is 0 Å². The molecule has 1 fully saturated rings. The summed E-state index contributed by atoms with van der Waals surface area (Å²) in [7, 11) is 1.65. The van der Waals surface area contributed by atoms with E-state index in [1.807, 2.05) is 32.9 Å². The van der Waals surface area contributed by atoms with Crippen LogP contribution >= 0.6 is 0 Å². The molecule has 1 heterocycles. The van der Waals surface area contributed by atoms with Gasteiger partial charge in [0.05, 0.1) is 7.11 Å². The van der Waals surface area contributed by atoms with E-state index < -0.39 is 5.60 Å². The summed E-state index contributed by atoms with van der Waals surface area (Å²) >= 11 is 0. The molecule has 0 aromatic heterocycles. The maximum atomic E-state index is 12.7. The Hall–Kier alpha value is -1.35. The van der Waals surface area contributed by atoms with E-state index in [0.29, 0.717) is 6.61 Å². The number of Topliss-reactive ketones (excluding diaryl/α,β-unsaturated/α-hetero) is 1. The zero-order chi connectivity index (χ0) is 14.0. The summed E-state index contributed by atoms with van der Waals surface area (Å²) in [5, 5.41) is 0. The Labute approximate surface area is 114 Å². The number of hydrogen-bond acceptors (Lipinski definition) is 3. The smallest absolute Gasteiger partial charge is 0.194 e. The Morgan fingerprint density at radius 3 is 2.58 bits per heavy atom. The molecule has 0 amide bonds. The van der Waals surface area contributed by atoms with Crippen molar-refractivity contribution in [2.75, 3.05) is 13.7 Å². The van der Waals surface area contributed by atoms with E-state index in [2.05, 4.69) is 0 Å². The maximum absolute atomic E-state index is 12.7. The lowest BCUT2D eigenvalue weighted by atomic mass is 9.85. The van der Waals surface area contributed by atoms with Gasteiger partial charge < -0.3 is 9.47 Å². The van der Waals surface area contributed by atoms with E-state index in [0.717, 1.165) is 41.7 Å². The summed E-state index contributed by atoms with van der Waals surface area (Å²) in [6, 6.07) is 3.84. The fourth-order valence-corrected chi connectivity index (χ4v) is 2.65. The highest BCUT2D eigenvalue weighted by Crippen LogP contribution is 2.31. The Morgan fingerprint density at radius 2 is 2.00 bits per heavy atom. The minimum absolute atomic E-state index is 0.0930. The minimum atomic E-state index is -0.663. The van der Waals surface area contributed by atoms with E-state index in [4.69, 9.17) is 9.47 Å². The van der Waals surface area contributed by atoms with E-state index in [-0.39, 0.29) is 5.78 Å².